The van der Waals surface area contributed by atoms with Gasteiger partial charge < -0.3 is 10.2 Å². The predicted octanol–water partition coefficient (Wildman–Crippen LogP) is 4.48. The topological polar surface area (TPSA) is 49.4 Å². The Morgan fingerprint density at radius 2 is 1.66 bits per heavy atom. The van der Waals surface area contributed by atoms with Crippen molar-refractivity contribution in [1.82, 2.24) is 10.2 Å². The normalized spacial score (nSPS) is 12.3. The number of nitrogens with one attached hydrogen (secondary N) is 1. The van der Waals surface area contributed by atoms with E-state index in [4.69, 9.17) is 0 Å². The van der Waals surface area contributed by atoms with Crippen LogP contribution in [0, 0.1) is 5.82 Å². The van der Waals surface area contributed by atoms with Crippen LogP contribution in [-0.2, 0) is 22.6 Å². The van der Waals surface area contributed by atoms with E-state index < -0.39 is 11.6 Å². The van der Waals surface area contributed by atoms with E-state index in [1.165, 1.54) is 11.0 Å². The average molecular weight is 399 g/mol. The third-order valence-corrected chi connectivity index (χ3v) is 4.53. The molecule has 0 radical (unpaired) electrons. The highest BCUT2D eigenvalue weighted by molar-refractivity contribution is 5.88. The number of amides is 2. The number of carbonyl (C=O) groups excluding carboxylic acids is 2. The maximum absolute atomic E-state index is 14.3. The number of benzene rings is 2. The quantitative estimate of drug-likeness (QED) is 0.713. The summed E-state index contributed by atoms with van der Waals surface area (Å²) in [6.45, 7) is 7.68. The summed E-state index contributed by atoms with van der Waals surface area (Å²) < 4.78 is 14.3. The molecule has 0 aliphatic heterocycles. The van der Waals surface area contributed by atoms with Gasteiger partial charge in [0.05, 0.1) is 0 Å². The van der Waals surface area contributed by atoms with Crippen LogP contribution in [0.25, 0.3) is 0 Å². The monoisotopic (exact) mass is 398 g/mol. The molecule has 5 heteroatoms. The molecule has 1 unspecified atom stereocenters. The molecule has 29 heavy (non-hydrogen) atoms. The lowest BCUT2D eigenvalue weighted by Gasteiger charge is -2.34. The van der Waals surface area contributed by atoms with Gasteiger partial charge in [0.25, 0.3) is 0 Å². The Kier molecular flexibility index (Phi) is 7.94. The standard InChI is InChI=1S/C24H31FN2O2/c1-5-11-22(28)27(17-19-14-9-10-15-20(19)25)21(23(29)26-24(2,3)4)16-18-12-7-6-8-13-18/h6-10,12-15,21H,5,11,16-17H2,1-4H3,(H,26,29). The highest BCUT2D eigenvalue weighted by atomic mass is 19.1. The van der Waals surface area contributed by atoms with Crippen molar-refractivity contribution in [2.24, 2.45) is 0 Å². The highest BCUT2D eigenvalue weighted by Crippen LogP contribution is 2.18. The van der Waals surface area contributed by atoms with Gasteiger partial charge in [-0.2, -0.15) is 0 Å². The SMILES string of the molecule is CCCC(=O)N(Cc1ccccc1F)C(Cc1ccccc1)C(=O)NC(C)(C)C. The van der Waals surface area contributed by atoms with Crippen molar-refractivity contribution in [3.8, 4) is 0 Å². The summed E-state index contributed by atoms with van der Waals surface area (Å²) in [7, 11) is 0. The minimum atomic E-state index is -0.727. The fourth-order valence-electron chi connectivity index (χ4n) is 3.17. The lowest BCUT2D eigenvalue weighted by Crippen LogP contribution is -2.54. The molecule has 4 nitrogen and oxygen atoms in total. The number of halogens is 1. The fraction of sp³-hybridized carbons (Fsp3) is 0.417. The van der Waals surface area contributed by atoms with Crippen LogP contribution in [0.2, 0.25) is 0 Å². The maximum Gasteiger partial charge on any atom is 0.243 e. The van der Waals surface area contributed by atoms with Crippen LogP contribution in [0.15, 0.2) is 54.6 Å². The van der Waals surface area contributed by atoms with Gasteiger partial charge in [0, 0.05) is 30.5 Å². The van der Waals surface area contributed by atoms with Gasteiger partial charge >= 0.3 is 0 Å². The molecule has 2 rings (SSSR count). The van der Waals surface area contributed by atoms with Crippen molar-refractivity contribution >= 4 is 11.8 Å². The van der Waals surface area contributed by atoms with E-state index >= 15 is 0 Å². The Balaban J connectivity index is 2.41. The maximum atomic E-state index is 14.3. The van der Waals surface area contributed by atoms with Crippen LogP contribution < -0.4 is 5.32 Å². The van der Waals surface area contributed by atoms with Gasteiger partial charge in [0.2, 0.25) is 11.8 Å². The van der Waals surface area contributed by atoms with Crippen LogP contribution in [0.1, 0.15) is 51.7 Å². The Morgan fingerprint density at radius 3 is 2.24 bits per heavy atom. The zero-order chi connectivity index (χ0) is 21.4. The van der Waals surface area contributed by atoms with Crippen molar-refractivity contribution in [3.63, 3.8) is 0 Å². The average Bonchev–Trinajstić information content (AvgIpc) is 2.65. The summed E-state index contributed by atoms with van der Waals surface area (Å²) in [4.78, 5) is 27.7. The first-order valence-electron chi connectivity index (χ1n) is 10.1. The Labute approximate surface area is 173 Å². The fourth-order valence-corrected chi connectivity index (χ4v) is 3.17. The van der Waals surface area contributed by atoms with Crippen molar-refractivity contribution in [1.29, 1.82) is 0 Å². The first-order valence-corrected chi connectivity index (χ1v) is 10.1. The van der Waals surface area contributed by atoms with E-state index in [1.54, 1.807) is 18.2 Å². The first-order chi connectivity index (χ1) is 13.7. The molecule has 0 fully saturated rings. The molecule has 2 aromatic carbocycles. The van der Waals surface area contributed by atoms with Crippen molar-refractivity contribution in [2.45, 2.75) is 65.1 Å². The third kappa shape index (κ3) is 7.00. The Morgan fingerprint density at radius 1 is 1.03 bits per heavy atom. The molecule has 0 saturated heterocycles. The summed E-state index contributed by atoms with van der Waals surface area (Å²) >= 11 is 0. The molecule has 0 aliphatic carbocycles. The Hall–Kier alpha value is -2.69. The van der Waals surface area contributed by atoms with Crippen LogP contribution in [0.3, 0.4) is 0 Å². The molecular weight excluding hydrogens is 367 g/mol. The van der Waals surface area contributed by atoms with Gasteiger partial charge in [-0.15, -0.1) is 0 Å². The second kappa shape index (κ2) is 10.2. The van der Waals surface area contributed by atoms with E-state index in [0.717, 1.165) is 5.56 Å². The predicted molar refractivity (Wildman–Crippen MR) is 114 cm³/mol. The number of hydrogen-bond donors (Lipinski definition) is 1. The number of rotatable bonds is 8. The van der Waals surface area contributed by atoms with Gasteiger partial charge in [0.1, 0.15) is 11.9 Å². The summed E-state index contributed by atoms with van der Waals surface area (Å²) in [5, 5.41) is 2.99. The minimum absolute atomic E-state index is 0.0561. The van der Waals surface area contributed by atoms with Crippen molar-refractivity contribution in [3.05, 3.63) is 71.5 Å². The molecule has 1 atom stereocenters. The minimum Gasteiger partial charge on any atom is -0.350 e. The lowest BCUT2D eigenvalue weighted by atomic mass is 10.00. The zero-order valence-electron chi connectivity index (χ0n) is 17.7. The summed E-state index contributed by atoms with van der Waals surface area (Å²) in [6, 6.07) is 15.2. The van der Waals surface area contributed by atoms with Crippen molar-refractivity contribution in [2.75, 3.05) is 0 Å². The van der Waals surface area contributed by atoms with Crippen LogP contribution >= 0.6 is 0 Å². The van der Waals surface area contributed by atoms with Gasteiger partial charge in [-0.3, -0.25) is 9.59 Å². The highest BCUT2D eigenvalue weighted by Gasteiger charge is 2.32. The van der Waals surface area contributed by atoms with Crippen LogP contribution in [0.5, 0.6) is 0 Å². The van der Waals surface area contributed by atoms with E-state index in [-0.39, 0.29) is 24.2 Å². The smallest absolute Gasteiger partial charge is 0.243 e. The molecule has 0 aliphatic rings. The lowest BCUT2D eigenvalue weighted by molar-refractivity contribution is -0.142. The Bertz CT molecular complexity index is 815. The molecule has 2 aromatic rings. The largest absolute Gasteiger partial charge is 0.350 e. The first kappa shape index (κ1) is 22.6. The molecule has 0 spiro atoms. The van der Waals surface area contributed by atoms with Gasteiger partial charge in [-0.25, -0.2) is 4.39 Å². The molecule has 0 saturated carbocycles. The number of hydrogen-bond acceptors (Lipinski definition) is 2. The second-order valence-corrected chi connectivity index (χ2v) is 8.31. The van der Waals surface area contributed by atoms with Crippen LogP contribution in [0.4, 0.5) is 4.39 Å². The van der Waals surface area contributed by atoms with Gasteiger partial charge in [0.15, 0.2) is 0 Å². The molecular formula is C24H31FN2O2. The third-order valence-electron chi connectivity index (χ3n) is 4.53. The van der Waals surface area contributed by atoms with Gasteiger partial charge in [-0.05, 0) is 38.8 Å². The second-order valence-electron chi connectivity index (χ2n) is 8.31. The molecule has 2 amide bonds. The van der Waals surface area contributed by atoms with E-state index in [2.05, 4.69) is 5.32 Å². The molecule has 0 bridgehead atoms. The van der Waals surface area contributed by atoms with E-state index in [0.29, 0.717) is 24.8 Å². The van der Waals surface area contributed by atoms with E-state index in [9.17, 15) is 14.0 Å². The molecule has 0 heterocycles. The summed E-state index contributed by atoms with van der Waals surface area (Å²) in [6.07, 6.45) is 1.33. The number of carbonyl (C=O) groups is 2. The molecule has 1 N–H and O–H groups in total. The summed E-state index contributed by atoms with van der Waals surface area (Å²) in [5.41, 5.74) is 0.909. The van der Waals surface area contributed by atoms with E-state index in [1.807, 2.05) is 58.0 Å². The number of nitrogens with zero attached hydrogens (tertiary/aromatic N) is 1. The van der Waals surface area contributed by atoms with Crippen molar-refractivity contribution < 1.29 is 14.0 Å². The molecule has 0 aromatic heterocycles. The molecule has 156 valence electrons. The van der Waals surface area contributed by atoms with Crippen LogP contribution in [-0.4, -0.2) is 28.3 Å². The summed E-state index contributed by atoms with van der Waals surface area (Å²) in [5.74, 6) is -0.764. The zero-order valence-corrected chi connectivity index (χ0v) is 17.7. The van der Waals surface area contributed by atoms with Gasteiger partial charge in [-0.1, -0.05) is 55.5 Å².